The van der Waals surface area contributed by atoms with E-state index in [1.165, 1.54) is 0 Å². The molecule has 8 aromatic carbocycles. The van der Waals surface area contributed by atoms with Crippen LogP contribution >= 0.6 is 0 Å². The molecule has 0 unspecified atom stereocenters. The zero-order valence-electron chi connectivity index (χ0n) is 32.8. The standard InChI is InChI=1S/C52H30N10/c1-5-17-41-35(13-1)53-49-33-29-31(57-45-21-9-11-23-47(45)61-43-19-7-3-15-37(43)55-51(57)61)26-28-40(33)60-42-18-6-2-14-36(42)54-50(60)34-30-32(25-27-39(34)59(41)49)58-46-22-10-12-24-48(46)62-44-20-8-4-16-38(44)56-52(58)62/h1-30H. The van der Waals surface area contributed by atoms with Crippen molar-refractivity contribution < 1.29 is 0 Å². The Morgan fingerprint density at radius 1 is 0.258 bits per heavy atom. The number of para-hydroxylation sites is 12. The van der Waals surface area contributed by atoms with Crippen LogP contribution in [0.15, 0.2) is 182 Å². The second-order valence-corrected chi connectivity index (χ2v) is 16.0. The molecule has 10 heteroatoms. The molecule has 15 rings (SSSR count). The van der Waals surface area contributed by atoms with E-state index in [9.17, 15) is 0 Å². The summed E-state index contributed by atoms with van der Waals surface area (Å²) in [4.78, 5) is 21.4. The van der Waals surface area contributed by atoms with Crippen molar-refractivity contribution in [3.8, 4) is 11.4 Å². The van der Waals surface area contributed by atoms with Crippen LogP contribution in [0, 0.1) is 0 Å². The molecule has 0 fully saturated rings. The first kappa shape index (κ1) is 32.1. The summed E-state index contributed by atoms with van der Waals surface area (Å²) < 4.78 is 13.7. The summed E-state index contributed by atoms with van der Waals surface area (Å²) in [6, 6.07) is 64.0. The Kier molecular flexibility index (Phi) is 5.96. The largest absolute Gasteiger partial charge is 0.292 e. The van der Waals surface area contributed by atoms with E-state index in [0.29, 0.717) is 0 Å². The van der Waals surface area contributed by atoms with Gasteiger partial charge in [-0.3, -0.25) is 26.7 Å². The summed E-state index contributed by atoms with van der Waals surface area (Å²) >= 11 is 0. The lowest BCUT2D eigenvalue weighted by Gasteiger charge is -2.12. The molecular formula is C52H30N10. The fourth-order valence-corrected chi connectivity index (χ4v) is 10.2. The van der Waals surface area contributed by atoms with Crippen LogP contribution in [0.1, 0.15) is 0 Å². The molecule has 10 nitrogen and oxygen atoms in total. The van der Waals surface area contributed by atoms with Crippen molar-refractivity contribution in [2.24, 2.45) is 0 Å². The molecule has 0 aliphatic heterocycles. The summed E-state index contributed by atoms with van der Waals surface area (Å²) in [5.74, 6) is 1.71. The Morgan fingerprint density at radius 3 is 0.984 bits per heavy atom. The van der Waals surface area contributed by atoms with E-state index in [4.69, 9.17) is 19.9 Å². The molecule has 0 spiro atoms. The van der Waals surface area contributed by atoms with Crippen LogP contribution in [0.4, 0.5) is 0 Å². The van der Waals surface area contributed by atoms with Gasteiger partial charge in [-0.25, -0.2) is 19.9 Å². The van der Waals surface area contributed by atoms with Crippen molar-refractivity contribution in [3.05, 3.63) is 182 Å². The van der Waals surface area contributed by atoms with E-state index >= 15 is 0 Å². The van der Waals surface area contributed by atoms with E-state index in [1.54, 1.807) is 0 Å². The molecule has 62 heavy (non-hydrogen) atoms. The molecule has 288 valence electrons. The van der Waals surface area contributed by atoms with E-state index in [-0.39, 0.29) is 0 Å². The Labute approximate surface area is 349 Å². The van der Waals surface area contributed by atoms with Crippen molar-refractivity contribution in [2.45, 2.75) is 0 Å². The van der Waals surface area contributed by atoms with E-state index in [0.717, 1.165) is 122 Å². The van der Waals surface area contributed by atoms with Crippen LogP contribution in [0.3, 0.4) is 0 Å². The first-order chi connectivity index (χ1) is 30.8. The molecule has 0 aliphatic rings. The molecule has 7 heterocycles. The van der Waals surface area contributed by atoms with Gasteiger partial charge in [-0.1, -0.05) is 72.8 Å². The number of fused-ring (bicyclic) bond motifs is 22. The average Bonchev–Trinajstić information content (AvgIpc) is 4.16. The second kappa shape index (κ2) is 11.5. The summed E-state index contributed by atoms with van der Waals surface area (Å²) in [5, 5.41) is 1.96. The van der Waals surface area contributed by atoms with Crippen LogP contribution in [-0.4, -0.2) is 46.7 Å². The highest BCUT2D eigenvalue weighted by Gasteiger charge is 2.22. The van der Waals surface area contributed by atoms with Gasteiger partial charge in [0.25, 0.3) is 0 Å². The molecule has 0 atom stereocenters. The minimum atomic E-state index is 0.842. The maximum Gasteiger partial charge on any atom is 0.220 e. The van der Waals surface area contributed by atoms with E-state index in [1.807, 2.05) is 12.1 Å². The summed E-state index contributed by atoms with van der Waals surface area (Å²) in [6.07, 6.45) is 0. The summed E-state index contributed by atoms with van der Waals surface area (Å²) in [7, 11) is 0. The molecule has 0 saturated heterocycles. The monoisotopic (exact) mass is 794 g/mol. The molecular weight excluding hydrogens is 765 g/mol. The number of benzene rings is 8. The van der Waals surface area contributed by atoms with Crippen LogP contribution in [0.2, 0.25) is 0 Å². The molecule has 0 radical (unpaired) electrons. The Hall–Kier alpha value is -8.76. The van der Waals surface area contributed by atoms with Crippen LogP contribution < -0.4 is 0 Å². The molecule has 0 bridgehead atoms. The zero-order chi connectivity index (χ0) is 40.2. The molecule has 0 saturated carbocycles. The highest BCUT2D eigenvalue weighted by atomic mass is 15.2. The lowest BCUT2D eigenvalue weighted by molar-refractivity contribution is 1.11. The Balaban J connectivity index is 1.13. The Bertz CT molecular complexity index is 4190. The van der Waals surface area contributed by atoms with Crippen LogP contribution in [0.25, 0.3) is 122 Å². The molecule has 15 aromatic rings. The summed E-state index contributed by atoms with van der Waals surface area (Å²) in [6.45, 7) is 0. The van der Waals surface area contributed by atoms with Gasteiger partial charge < -0.3 is 0 Å². The highest BCUT2D eigenvalue weighted by molar-refractivity contribution is 6.08. The zero-order valence-corrected chi connectivity index (χ0v) is 32.8. The van der Waals surface area contributed by atoms with Crippen molar-refractivity contribution in [2.75, 3.05) is 0 Å². The number of rotatable bonds is 2. The smallest absolute Gasteiger partial charge is 0.220 e. The molecule has 0 N–H and O–H groups in total. The van der Waals surface area contributed by atoms with Gasteiger partial charge in [-0.2, -0.15) is 0 Å². The van der Waals surface area contributed by atoms with E-state index < -0.39 is 0 Å². The van der Waals surface area contributed by atoms with Gasteiger partial charge >= 0.3 is 0 Å². The first-order valence-electron chi connectivity index (χ1n) is 20.8. The third-order valence-electron chi connectivity index (χ3n) is 12.8. The third kappa shape index (κ3) is 4.03. The van der Waals surface area contributed by atoms with Gasteiger partial charge in [0, 0.05) is 10.8 Å². The topological polar surface area (TPSA) is 79.1 Å². The summed E-state index contributed by atoms with van der Waals surface area (Å²) in [5.41, 5.74) is 17.9. The van der Waals surface area contributed by atoms with Crippen molar-refractivity contribution in [1.29, 1.82) is 0 Å². The predicted molar refractivity (Wildman–Crippen MR) is 249 cm³/mol. The van der Waals surface area contributed by atoms with Crippen LogP contribution in [-0.2, 0) is 0 Å². The van der Waals surface area contributed by atoms with Crippen molar-refractivity contribution in [3.63, 3.8) is 0 Å². The normalized spacial score (nSPS) is 12.5. The van der Waals surface area contributed by atoms with Crippen molar-refractivity contribution >= 4 is 111 Å². The lowest BCUT2D eigenvalue weighted by Crippen LogP contribution is -1.99. The molecule has 0 aliphatic carbocycles. The third-order valence-corrected chi connectivity index (χ3v) is 12.8. The van der Waals surface area contributed by atoms with Gasteiger partial charge in [0.15, 0.2) is 0 Å². The predicted octanol–water partition coefficient (Wildman–Crippen LogP) is 11.6. The van der Waals surface area contributed by atoms with E-state index in [2.05, 4.69) is 197 Å². The van der Waals surface area contributed by atoms with Crippen LogP contribution in [0.5, 0.6) is 0 Å². The van der Waals surface area contributed by atoms with Gasteiger partial charge in [0.1, 0.15) is 11.3 Å². The van der Waals surface area contributed by atoms with Crippen molar-refractivity contribution in [1.82, 2.24) is 46.7 Å². The number of hydrogen-bond acceptors (Lipinski definition) is 4. The number of nitrogens with zero attached hydrogens (tertiary/aromatic N) is 10. The van der Waals surface area contributed by atoms with Gasteiger partial charge in [-0.05, 0) is 109 Å². The first-order valence-corrected chi connectivity index (χ1v) is 20.8. The Morgan fingerprint density at radius 2 is 0.581 bits per heavy atom. The molecule has 0 amide bonds. The van der Waals surface area contributed by atoms with Gasteiger partial charge in [0.2, 0.25) is 11.6 Å². The van der Waals surface area contributed by atoms with Gasteiger partial charge in [-0.15, -0.1) is 0 Å². The maximum atomic E-state index is 5.47. The van der Waals surface area contributed by atoms with Gasteiger partial charge in [0.05, 0.1) is 88.6 Å². The number of imidazole rings is 6. The molecule has 7 aromatic heterocycles. The lowest BCUT2D eigenvalue weighted by atomic mass is 10.1. The fraction of sp³-hybridized carbons (Fsp3) is 0. The highest BCUT2D eigenvalue weighted by Crippen LogP contribution is 2.37. The second-order valence-electron chi connectivity index (χ2n) is 16.0. The minimum Gasteiger partial charge on any atom is -0.292 e. The average molecular weight is 795 g/mol. The number of hydrogen-bond donors (Lipinski definition) is 0. The number of aromatic nitrogens is 10. The quantitative estimate of drug-likeness (QED) is 0.175. The fourth-order valence-electron chi connectivity index (χ4n) is 10.2. The maximum absolute atomic E-state index is 5.47. The SMILES string of the molecule is c1ccc2c(c1)nc1c3cc(-n4c5ccccc5n5c6ccccc6nc45)ccc3n3c4ccccc4nc3c3cc(-n4c5ccccc5n5c6ccccc6nc45)ccc3n21. The minimum absolute atomic E-state index is 0.842.